The Hall–Kier alpha value is -2.71. The molecule has 1 fully saturated rings. The standard InChI is InChI=1S/C22H27N3O4S/c1-17-10-11-19(14-20(17)30(28,29)25-12-6-3-7-13-25)22(27)24-16-21(26)23-15-18-8-4-2-5-9-18/h2,4-5,8-11,14H,3,6-7,12-13,15-16H2,1H3,(H,23,26)(H,24,27). The third-order valence-electron chi connectivity index (χ3n) is 5.13. The van der Waals surface area contributed by atoms with Gasteiger partial charge in [-0.1, -0.05) is 42.8 Å². The Morgan fingerprint density at radius 2 is 1.67 bits per heavy atom. The number of amides is 2. The van der Waals surface area contributed by atoms with Crippen LogP contribution in [0.4, 0.5) is 0 Å². The van der Waals surface area contributed by atoms with Gasteiger partial charge in [0.1, 0.15) is 0 Å². The highest BCUT2D eigenvalue weighted by Crippen LogP contribution is 2.24. The van der Waals surface area contributed by atoms with Gasteiger partial charge in [0.25, 0.3) is 5.91 Å². The Bertz CT molecular complexity index is 1000. The first-order chi connectivity index (χ1) is 14.4. The number of hydrogen-bond donors (Lipinski definition) is 2. The predicted molar refractivity (Wildman–Crippen MR) is 114 cm³/mol. The van der Waals surface area contributed by atoms with Gasteiger partial charge in [0, 0.05) is 25.2 Å². The van der Waals surface area contributed by atoms with E-state index in [-0.39, 0.29) is 22.9 Å². The van der Waals surface area contributed by atoms with Crippen LogP contribution in [0.2, 0.25) is 0 Å². The van der Waals surface area contributed by atoms with Gasteiger partial charge in [0.15, 0.2) is 0 Å². The van der Waals surface area contributed by atoms with E-state index in [1.165, 1.54) is 10.4 Å². The smallest absolute Gasteiger partial charge is 0.251 e. The molecule has 8 heteroatoms. The van der Waals surface area contributed by atoms with Crippen molar-refractivity contribution in [1.29, 1.82) is 0 Å². The van der Waals surface area contributed by atoms with Crippen LogP contribution in [0.25, 0.3) is 0 Å². The van der Waals surface area contributed by atoms with E-state index in [1.807, 2.05) is 30.3 Å². The lowest BCUT2D eigenvalue weighted by Crippen LogP contribution is -2.37. The first-order valence-corrected chi connectivity index (χ1v) is 11.5. The lowest BCUT2D eigenvalue weighted by molar-refractivity contribution is -0.120. The zero-order chi connectivity index (χ0) is 21.6. The highest BCUT2D eigenvalue weighted by Gasteiger charge is 2.28. The van der Waals surface area contributed by atoms with Gasteiger partial charge in [-0.3, -0.25) is 9.59 Å². The van der Waals surface area contributed by atoms with Crippen molar-refractivity contribution in [2.24, 2.45) is 0 Å². The van der Waals surface area contributed by atoms with E-state index >= 15 is 0 Å². The molecule has 2 amide bonds. The van der Waals surface area contributed by atoms with E-state index in [9.17, 15) is 18.0 Å². The average molecular weight is 430 g/mol. The molecule has 2 aromatic rings. The number of piperidine rings is 1. The number of carbonyl (C=O) groups is 2. The van der Waals surface area contributed by atoms with Crippen LogP contribution in [-0.4, -0.2) is 44.2 Å². The molecule has 1 saturated heterocycles. The minimum absolute atomic E-state index is 0.144. The fraction of sp³-hybridized carbons (Fsp3) is 0.364. The molecule has 0 spiro atoms. The van der Waals surface area contributed by atoms with E-state index in [2.05, 4.69) is 10.6 Å². The van der Waals surface area contributed by atoms with Crippen LogP contribution in [0.5, 0.6) is 0 Å². The average Bonchev–Trinajstić information content (AvgIpc) is 2.77. The Morgan fingerprint density at radius 1 is 0.967 bits per heavy atom. The summed E-state index contributed by atoms with van der Waals surface area (Å²) in [6, 6.07) is 14.1. The molecule has 0 radical (unpaired) electrons. The molecule has 0 aromatic heterocycles. The molecule has 160 valence electrons. The van der Waals surface area contributed by atoms with Crippen molar-refractivity contribution in [2.75, 3.05) is 19.6 Å². The quantitative estimate of drug-likeness (QED) is 0.705. The summed E-state index contributed by atoms with van der Waals surface area (Å²) in [6.07, 6.45) is 2.72. The van der Waals surface area contributed by atoms with Crippen molar-refractivity contribution in [3.05, 3.63) is 65.2 Å². The molecule has 1 aliphatic heterocycles. The summed E-state index contributed by atoms with van der Waals surface area (Å²) < 4.78 is 27.5. The summed E-state index contributed by atoms with van der Waals surface area (Å²) in [4.78, 5) is 24.6. The van der Waals surface area contributed by atoms with E-state index in [0.29, 0.717) is 25.2 Å². The molecule has 0 unspecified atom stereocenters. The van der Waals surface area contributed by atoms with Crippen LogP contribution in [0.3, 0.4) is 0 Å². The zero-order valence-electron chi connectivity index (χ0n) is 17.1. The number of nitrogens with one attached hydrogen (secondary N) is 2. The number of rotatable bonds is 7. The molecule has 0 saturated carbocycles. The van der Waals surface area contributed by atoms with Crippen LogP contribution < -0.4 is 10.6 Å². The maximum Gasteiger partial charge on any atom is 0.251 e. The Balaban J connectivity index is 1.62. The summed E-state index contributed by atoms with van der Waals surface area (Å²) in [5.74, 6) is -0.805. The summed E-state index contributed by atoms with van der Waals surface area (Å²) in [5, 5.41) is 5.29. The second-order valence-corrected chi connectivity index (χ2v) is 9.30. The normalized spacial score (nSPS) is 14.8. The van der Waals surface area contributed by atoms with E-state index in [4.69, 9.17) is 0 Å². The molecule has 2 N–H and O–H groups in total. The number of carbonyl (C=O) groups excluding carboxylic acids is 2. The van der Waals surface area contributed by atoms with Crippen LogP contribution in [0.1, 0.15) is 40.7 Å². The summed E-state index contributed by atoms with van der Waals surface area (Å²) >= 11 is 0. The molecule has 2 aromatic carbocycles. The summed E-state index contributed by atoms with van der Waals surface area (Å²) in [5.41, 5.74) is 1.77. The highest BCUT2D eigenvalue weighted by atomic mass is 32.2. The van der Waals surface area contributed by atoms with Crippen molar-refractivity contribution in [1.82, 2.24) is 14.9 Å². The molecule has 3 rings (SSSR count). The molecular weight excluding hydrogens is 402 g/mol. The minimum Gasteiger partial charge on any atom is -0.350 e. The molecule has 1 heterocycles. The number of benzene rings is 2. The summed E-state index contributed by atoms with van der Waals surface area (Å²) in [7, 11) is -3.65. The Labute approximate surface area is 177 Å². The molecular formula is C22H27N3O4S. The van der Waals surface area contributed by atoms with Crippen LogP contribution >= 0.6 is 0 Å². The van der Waals surface area contributed by atoms with Crippen molar-refractivity contribution < 1.29 is 18.0 Å². The van der Waals surface area contributed by atoms with Gasteiger partial charge in [-0.05, 0) is 43.0 Å². The molecule has 7 nitrogen and oxygen atoms in total. The van der Waals surface area contributed by atoms with Gasteiger partial charge in [0.2, 0.25) is 15.9 Å². The van der Waals surface area contributed by atoms with Gasteiger partial charge in [0.05, 0.1) is 11.4 Å². The molecule has 0 bridgehead atoms. The second kappa shape index (κ2) is 9.86. The van der Waals surface area contributed by atoms with Gasteiger partial charge >= 0.3 is 0 Å². The van der Waals surface area contributed by atoms with Gasteiger partial charge in [-0.15, -0.1) is 0 Å². The highest BCUT2D eigenvalue weighted by molar-refractivity contribution is 7.89. The van der Waals surface area contributed by atoms with Gasteiger partial charge in [-0.25, -0.2) is 8.42 Å². The van der Waals surface area contributed by atoms with Crippen molar-refractivity contribution in [3.8, 4) is 0 Å². The maximum absolute atomic E-state index is 13.0. The van der Waals surface area contributed by atoms with E-state index < -0.39 is 15.9 Å². The number of nitrogens with zero attached hydrogens (tertiary/aromatic N) is 1. The lowest BCUT2D eigenvalue weighted by atomic mass is 10.1. The molecule has 1 aliphatic rings. The van der Waals surface area contributed by atoms with E-state index in [1.54, 1.807) is 19.1 Å². The van der Waals surface area contributed by atoms with Crippen LogP contribution in [0.15, 0.2) is 53.4 Å². The molecule has 0 atom stereocenters. The largest absolute Gasteiger partial charge is 0.350 e. The Morgan fingerprint density at radius 3 is 2.37 bits per heavy atom. The number of sulfonamides is 1. The monoisotopic (exact) mass is 429 g/mol. The topological polar surface area (TPSA) is 95.6 Å². The molecule has 30 heavy (non-hydrogen) atoms. The fourth-order valence-electron chi connectivity index (χ4n) is 3.39. The molecule has 0 aliphatic carbocycles. The van der Waals surface area contributed by atoms with Gasteiger partial charge in [-0.2, -0.15) is 4.31 Å². The second-order valence-electron chi connectivity index (χ2n) is 7.39. The minimum atomic E-state index is -3.65. The third kappa shape index (κ3) is 5.46. The summed E-state index contributed by atoms with van der Waals surface area (Å²) in [6.45, 7) is 2.90. The first kappa shape index (κ1) is 22.0. The van der Waals surface area contributed by atoms with E-state index in [0.717, 1.165) is 24.8 Å². The maximum atomic E-state index is 13.0. The number of hydrogen-bond acceptors (Lipinski definition) is 4. The first-order valence-electron chi connectivity index (χ1n) is 10.1. The Kier molecular flexibility index (Phi) is 7.23. The zero-order valence-corrected chi connectivity index (χ0v) is 17.9. The van der Waals surface area contributed by atoms with Crippen molar-refractivity contribution in [2.45, 2.75) is 37.6 Å². The SMILES string of the molecule is Cc1ccc(C(=O)NCC(=O)NCc2ccccc2)cc1S(=O)(=O)N1CCCCC1. The van der Waals surface area contributed by atoms with Crippen LogP contribution in [0, 0.1) is 6.92 Å². The predicted octanol–water partition coefficient (Wildman–Crippen LogP) is 2.22. The van der Waals surface area contributed by atoms with Crippen molar-refractivity contribution in [3.63, 3.8) is 0 Å². The fourth-order valence-corrected chi connectivity index (χ4v) is 5.15. The lowest BCUT2D eigenvalue weighted by Gasteiger charge is -2.26. The van der Waals surface area contributed by atoms with Crippen LogP contribution in [-0.2, 0) is 21.4 Å². The van der Waals surface area contributed by atoms with Crippen molar-refractivity contribution >= 4 is 21.8 Å². The third-order valence-corrected chi connectivity index (χ3v) is 7.17. The number of aryl methyl sites for hydroxylation is 1. The van der Waals surface area contributed by atoms with Gasteiger partial charge < -0.3 is 10.6 Å².